The average molecular weight is 438 g/mol. The number of nitrogens with one attached hydrogen (secondary N) is 1. The minimum absolute atomic E-state index is 0.0454. The largest absolute Gasteiger partial charge is 0.515 e. The molecule has 32 heavy (non-hydrogen) atoms. The fourth-order valence-corrected chi connectivity index (χ4v) is 7.39. The summed E-state index contributed by atoms with van der Waals surface area (Å²) in [6, 6.07) is 8.96. The normalized spacial score (nSPS) is 35.8. The fraction of sp³-hybridized carbons (Fsp3) is 0.630. The van der Waals surface area contributed by atoms with Crippen LogP contribution in [0.4, 0.5) is 0 Å². The van der Waals surface area contributed by atoms with Crippen LogP contribution < -0.4 is 5.32 Å². The number of rotatable bonds is 4. The lowest BCUT2D eigenvalue weighted by Crippen LogP contribution is -2.44. The molecule has 2 saturated carbocycles. The number of hydrogen-bond acceptors (Lipinski definition) is 4. The zero-order valence-corrected chi connectivity index (χ0v) is 19.0. The molecule has 1 aromatic carbocycles. The molecule has 0 aromatic heterocycles. The summed E-state index contributed by atoms with van der Waals surface area (Å²) in [5.74, 6) is 1.21. The lowest BCUT2D eigenvalue weighted by atomic mass is 9.54. The fourth-order valence-electron chi connectivity index (χ4n) is 7.39. The van der Waals surface area contributed by atoms with Crippen molar-refractivity contribution in [2.75, 3.05) is 13.2 Å². The predicted octanol–water partition coefficient (Wildman–Crippen LogP) is 4.47. The van der Waals surface area contributed by atoms with E-state index in [4.69, 9.17) is 4.74 Å². The minimum atomic E-state index is -0.427. The molecule has 1 amide bonds. The van der Waals surface area contributed by atoms with E-state index in [0.29, 0.717) is 43.5 Å². The number of hydrogen-bond donors (Lipinski definition) is 2. The Morgan fingerprint density at radius 3 is 2.78 bits per heavy atom. The number of carbonyl (C=O) groups is 2. The number of benzene rings is 1. The maximum Gasteiger partial charge on any atom is 0.220 e. The predicted molar refractivity (Wildman–Crippen MR) is 122 cm³/mol. The van der Waals surface area contributed by atoms with Gasteiger partial charge in [0.1, 0.15) is 0 Å². The third-order valence-corrected chi connectivity index (χ3v) is 8.91. The summed E-state index contributed by atoms with van der Waals surface area (Å²) in [6.45, 7) is 3.51. The average Bonchev–Trinajstić information content (AvgIpc) is 3.04. The number of carbonyl (C=O) groups excluding carboxylic acids is 2. The Morgan fingerprint density at radius 2 is 2.00 bits per heavy atom. The SMILES string of the molecule is C[C@]12CCC3c4ccccc4CCC3C1[C@H](CCC(=O)NC1CCOCC1)/C(=C/O)C2=O. The summed E-state index contributed by atoms with van der Waals surface area (Å²) in [4.78, 5) is 26.2. The van der Waals surface area contributed by atoms with Crippen LogP contribution >= 0.6 is 0 Å². The van der Waals surface area contributed by atoms with Gasteiger partial charge in [-0.3, -0.25) is 9.59 Å². The molecule has 172 valence electrons. The van der Waals surface area contributed by atoms with Gasteiger partial charge in [0, 0.05) is 36.7 Å². The number of ketones is 1. The standard InChI is InChI=1S/C27H35NO4/c1-27-13-10-20-19-5-3-2-4-17(19)6-7-21(20)25(27)22(23(16-29)26(27)31)8-9-24(30)28-18-11-14-32-15-12-18/h2-5,16,18,20-22,25,29H,6-15H2,1H3,(H,28,30)/b23-16-/t20?,21?,22-,25?,27+/m1/s1. The molecule has 1 aromatic rings. The van der Waals surface area contributed by atoms with Crippen LogP contribution in [0.15, 0.2) is 36.1 Å². The first-order valence-electron chi connectivity index (χ1n) is 12.4. The maximum absolute atomic E-state index is 13.4. The molecule has 0 bridgehead atoms. The van der Waals surface area contributed by atoms with E-state index < -0.39 is 5.41 Å². The molecule has 3 unspecified atom stereocenters. The van der Waals surface area contributed by atoms with Crippen LogP contribution in [0.1, 0.15) is 68.9 Å². The van der Waals surface area contributed by atoms with Crippen molar-refractivity contribution in [3.8, 4) is 0 Å². The van der Waals surface area contributed by atoms with Crippen molar-refractivity contribution in [2.24, 2.45) is 23.2 Å². The molecule has 1 heterocycles. The summed E-state index contributed by atoms with van der Waals surface area (Å²) in [5, 5.41) is 13.2. The van der Waals surface area contributed by atoms with Crippen LogP contribution in [-0.4, -0.2) is 36.1 Å². The second kappa shape index (κ2) is 8.66. The molecule has 5 heteroatoms. The Morgan fingerprint density at radius 1 is 1.22 bits per heavy atom. The van der Waals surface area contributed by atoms with Crippen molar-refractivity contribution in [3.05, 3.63) is 47.2 Å². The van der Waals surface area contributed by atoms with E-state index in [1.54, 1.807) is 0 Å². The molecule has 3 aliphatic carbocycles. The van der Waals surface area contributed by atoms with Crippen molar-refractivity contribution in [2.45, 2.75) is 70.3 Å². The number of allylic oxidation sites excluding steroid dienone is 1. The molecule has 0 spiro atoms. The third kappa shape index (κ3) is 3.59. The first kappa shape index (κ1) is 21.7. The van der Waals surface area contributed by atoms with Gasteiger partial charge in [-0.2, -0.15) is 0 Å². The van der Waals surface area contributed by atoms with Crippen LogP contribution in [-0.2, 0) is 20.7 Å². The molecule has 5 rings (SSSR count). The summed E-state index contributed by atoms with van der Waals surface area (Å²) < 4.78 is 5.38. The Balaban J connectivity index is 1.37. The first-order valence-corrected chi connectivity index (χ1v) is 12.4. The highest BCUT2D eigenvalue weighted by atomic mass is 16.5. The number of ether oxygens (including phenoxy) is 1. The molecular weight excluding hydrogens is 402 g/mol. The van der Waals surface area contributed by atoms with Crippen LogP contribution in [0.25, 0.3) is 0 Å². The molecule has 1 saturated heterocycles. The highest BCUT2D eigenvalue weighted by Gasteiger charge is 2.60. The van der Waals surface area contributed by atoms with E-state index in [1.807, 2.05) is 0 Å². The van der Waals surface area contributed by atoms with Crippen molar-refractivity contribution >= 4 is 11.7 Å². The van der Waals surface area contributed by atoms with Gasteiger partial charge < -0.3 is 15.2 Å². The Kier molecular flexibility index (Phi) is 5.87. The number of aryl methyl sites for hydroxylation is 1. The van der Waals surface area contributed by atoms with Gasteiger partial charge in [-0.1, -0.05) is 31.2 Å². The van der Waals surface area contributed by atoms with Gasteiger partial charge in [0.25, 0.3) is 0 Å². The van der Waals surface area contributed by atoms with E-state index >= 15 is 0 Å². The highest BCUT2D eigenvalue weighted by molar-refractivity contribution is 6.03. The highest BCUT2D eigenvalue weighted by Crippen LogP contribution is 2.63. The van der Waals surface area contributed by atoms with Crippen molar-refractivity contribution < 1.29 is 19.4 Å². The number of amides is 1. The van der Waals surface area contributed by atoms with Gasteiger partial charge in [-0.05, 0) is 79.7 Å². The van der Waals surface area contributed by atoms with Crippen molar-refractivity contribution in [1.29, 1.82) is 0 Å². The van der Waals surface area contributed by atoms with Gasteiger partial charge >= 0.3 is 0 Å². The zero-order valence-electron chi connectivity index (χ0n) is 19.0. The molecule has 0 radical (unpaired) electrons. The Hall–Kier alpha value is -2.14. The van der Waals surface area contributed by atoms with Crippen LogP contribution in [0, 0.1) is 23.2 Å². The second-order valence-corrected chi connectivity index (χ2v) is 10.5. The molecule has 5 atom stereocenters. The Bertz CT molecular complexity index is 918. The topological polar surface area (TPSA) is 75.6 Å². The van der Waals surface area contributed by atoms with Gasteiger partial charge in [0.2, 0.25) is 5.91 Å². The summed E-state index contributed by atoms with van der Waals surface area (Å²) in [5.41, 5.74) is 3.03. The van der Waals surface area contributed by atoms with E-state index in [-0.39, 0.29) is 29.6 Å². The van der Waals surface area contributed by atoms with Crippen molar-refractivity contribution in [3.63, 3.8) is 0 Å². The van der Waals surface area contributed by atoms with Crippen LogP contribution in [0.2, 0.25) is 0 Å². The van der Waals surface area contributed by atoms with Crippen molar-refractivity contribution in [1.82, 2.24) is 5.32 Å². The van der Waals surface area contributed by atoms with E-state index in [1.165, 1.54) is 11.1 Å². The number of Topliss-reactive ketones (excluding diaryl/α,β-unsaturated/α-hetero) is 1. The quantitative estimate of drug-likeness (QED) is 0.538. The summed E-state index contributed by atoms with van der Waals surface area (Å²) in [7, 11) is 0. The maximum atomic E-state index is 13.4. The lowest BCUT2D eigenvalue weighted by Gasteiger charge is -2.49. The van der Waals surface area contributed by atoms with Gasteiger partial charge in [0.05, 0.1) is 6.26 Å². The zero-order chi connectivity index (χ0) is 22.3. The molecule has 1 aliphatic heterocycles. The third-order valence-electron chi connectivity index (χ3n) is 8.91. The van der Waals surface area contributed by atoms with Crippen LogP contribution in [0.3, 0.4) is 0 Å². The molecule has 2 N–H and O–H groups in total. The van der Waals surface area contributed by atoms with Gasteiger partial charge in [-0.15, -0.1) is 0 Å². The smallest absolute Gasteiger partial charge is 0.220 e. The molecular formula is C27H35NO4. The number of aliphatic hydroxyl groups is 1. The van der Waals surface area contributed by atoms with Gasteiger partial charge in [0.15, 0.2) is 5.78 Å². The first-order chi connectivity index (χ1) is 15.5. The summed E-state index contributed by atoms with van der Waals surface area (Å²) >= 11 is 0. The molecule has 5 nitrogen and oxygen atoms in total. The summed E-state index contributed by atoms with van der Waals surface area (Å²) in [6.07, 6.45) is 7.80. The molecule has 3 fully saturated rings. The van der Waals surface area contributed by atoms with E-state index in [9.17, 15) is 14.7 Å². The molecule has 4 aliphatic rings. The minimum Gasteiger partial charge on any atom is -0.515 e. The lowest BCUT2D eigenvalue weighted by molar-refractivity contribution is -0.127. The van der Waals surface area contributed by atoms with E-state index in [0.717, 1.165) is 44.8 Å². The Labute approximate surface area is 190 Å². The van der Waals surface area contributed by atoms with Gasteiger partial charge in [-0.25, -0.2) is 0 Å². The van der Waals surface area contributed by atoms with E-state index in [2.05, 4.69) is 36.5 Å². The second-order valence-electron chi connectivity index (χ2n) is 10.5. The monoisotopic (exact) mass is 437 g/mol. The number of aliphatic hydroxyl groups excluding tert-OH is 1. The number of fused-ring (bicyclic) bond motifs is 5. The van der Waals surface area contributed by atoms with Crippen LogP contribution in [0.5, 0.6) is 0 Å².